The molecule has 0 radical (unpaired) electrons. The van der Waals surface area contributed by atoms with Crippen molar-refractivity contribution in [2.75, 3.05) is 25.7 Å². The van der Waals surface area contributed by atoms with E-state index in [2.05, 4.69) is 30.3 Å². The number of anilines is 1. The van der Waals surface area contributed by atoms with Crippen LogP contribution in [0.2, 0.25) is 0 Å². The van der Waals surface area contributed by atoms with Crippen LogP contribution in [-0.2, 0) is 11.3 Å². The van der Waals surface area contributed by atoms with Crippen LogP contribution in [-0.4, -0.2) is 57.4 Å². The third-order valence-electron chi connectivity index (χ3n) is 5.28. The van der Waals surface area contributed by atoms with Gasteiger partial charge in [0.25, 0.3) is 5.95 Å². The quantitative estimate of drug-likeness (QED) is 0.584. The van der Waals surface area contributed by atoms with Crippen LogP contribution in [0.15, 0.2) is 43.1 Å². The molecule has 1 N–H and O–H groups in total. The molecule has 1 aliphatic rings. The van der Waals surface area contributed by atoms with E-state index in [0.717, 1.165) is 30.8 Å². The van der Waals surface area contributed by atoms with Crippen molar-refractivity contribution in [2.24, 2.45) is 0 Å². The van der Waals surface area contributed by atoms with Crippen LogP contribution in [0.1, 0.15) is 24.8 Å². The summed E-state index contributed by atoms with van der Waals surface area (Å²) in [6.07, 6.45) is 7.05. The Bertz CT molecular complexity index is 1030. The van der Waals surface area contributed by atoms with Crippen molar-refractivity contribution in [1.82, 2.24) is 30.0 Å². The van der Waals surface area contributed by atoms with Gasteiger partial charge in [-0.1, -0.05) is 6.07 Å². The number of amides is 1. The number of carbonyl (C=O) groups is 1. The lowest BCUT2D eigenvalue weighted by Crippen LogP contribution is -2.35. The summed E-state index contributed by atoms with van der Waals surface area (Å²) in [6.45, 7) is 1.28. The van der Waals surface area contributed by atoms with E-state index in [1.54, 1.807) is 26.7 Å². The SMILES string of the molecule is COc1ccc(CNC(=O)C[C@H]2CCCN2c2ccnc(-n3cncn3)n2)cc1OC. The second-order valence-electron chi connectivity index (χ2n) is 7.21. The third kappa shape index (κ3) is 4.73. The maximum absolute atomic E-state index is 12.6. The largest absolute Gasteiger partial charge is 0.493 e. The van der Waals surface area contributed by atoms with Crippen LogP contribution in [0.5, 0.6) is 11.5 Å². The Kier molecular flexibility index (Phi) is 6.25. The maximum atomic E-state index is 12.6. The van der Waals surface area contributed by atoms with Crippen LogP contribution in [0.4, 0.5) is 5.82 Å². The molecule has 0 aliphatic carbocycles. The zero-order valence-electron chi connectivity index (χ0n) is 17.6. The number of ether oxygens (including phenoxy) is 2. The first-order valence-electron chi connectivity index (χ1n) is 10.1. The summed E-state index contributed by atoms with van der Waals surface area (Å²) in [5.41, 5.74) is 0.947. The fraction of sp³-hybridized carbons (Fsp3) is 0.381. The van der Waals surface area contributed by atoms with Gasteiger partial charge in [-0.3, -0.25) is 4.79 Å². The molecule has 0 bridgehead atoms. The lowest BCUT2D eigenvalue weighted by atomic mass is 10.1. The minimum Gasteiger partial charge on any atom is -0.493 e. The van der Waals surface area contributed by atoms with Crippen LogP contribution >= 0.6 is 0 Å². The van der Waals surface area contributed by atoms with Gasteiger partial charge in [-0.05, 0) is 36.6 Å². The Morgan fingerprint density at radius 3 is 2.87 bits per heavy atom. The van der Waals surface area contributed by atoms with Gasteiger partial charge in [-0.25, -0.2) is 9.97 Å². The van der Waals surface area contributed by atoms with Gasteiger partial charge in [0.1, 0.15) is 18.5 Å². The molecule has 0 saturated carbocycles. The summed E-state index contributed by atoms with van der Waals surface area (Å²) in [7, 11) is 3.19. The van der Waals surface area contributed by atoms with Gasteiger partial charge >= 0.3 is 0 Å². The number of carbonyl (C=O) groups excluding carboxylic acids is 1. The number of hydrogen-bond acceptors (Lipinski definition) is 8. The predicted octanol–water partition coefficient (Wildman–Crippen LogP) is 1.75. The molecule has 4 rings (SSSR count). The number of nitrogens with one attached hydrogen (secondary N) is 1. The minimum atomic E-state index is -0.00255. The highest BCUT2D eigenvalue weighted by Crippen LogP contribution is 2.28. The molecule has 1 aromatic carbocycles. The molecule has 162 valence electrons. The first-order chi connectivity index (χ1) is 15.2. The van der Waals surface area contributed by atoms with Gasteiger partial charge in [0, 0.05) is 31.7 Å². The Morgan fingerprint density at radius 1 is 1.23 bits per heavy atom. The molecule has 3 heterocycles. The van der Waals surface area contributed by atoms with Gasteiger partial charge in [-0.15, -0.1) is 0 Å². The van der Waals surface area contributed by atoms with Gasteiger partial charge in [-0.2, -0.15) is 14.8 Å². The van der Waals surface area contributed by atoms with Crippen molar-refractivity contribution in [3.63, 3.8) is 0 Å². The van der Waals surface area contributed by atoms with Crippen LogP contribution < -0.4 is 19.7 Å². The van der Waals surface area contributed by atoms with E-state index in [-0.39, 0.29) is 11.9 Å². The summed E-state index contributed by atoms with van der Waals surface area (Å²) in [5, 5.41) is 7.08. The third-order valence-corrected chi connectivity index (χ3v) is 5.28. The smallest absolute Gasteiger partial charge is 0.253 e. The number of nitrogens with zero attached hydrogens (tertiary/aromatic N) is 6. The Hall–Kier alpha value is -3.69. The molecule has 2 aromatic heterocycles. The molecular formula is C21H25N7O3. The van der Waals surface area contributed by atoms with Crippen molar-refractivity contribution >= 4 is 11.7 Å². The van der Waals surface area contributed by atoms with E-state index in [9.17, 15) is 4.79 Å². The zero-order chi connectivity index (χ0) is 21.6. The Labute approximate surface area is 180 Å². The lowest BCUT2D eigenvalue weighted by molar-refractivity contribution is -0.121. The first kappa shape index (κ1) is 20.6. The van der Waals surface area contributed by atoms with Crippen LogP contribution in [0.3, 0.4) is 0 Å². The summed E-state index contributed by atoms with van der Waals surface area (Å²) in [4.78, 5) is 27.6. The van der Waals surface area contributed by atoms with E-state index in [4.69, 9.17) is 9.47 Å². The molecule has 1 aliphatic heterocycles. The molecule has 3 aromatic rings. The monoisotopic (exact) mass is 423 g/mol. The van der Waals surface area contributed by atoms with E-state index in [1.165, 1.54) is 11.0 Å². The van der Waals surface area contributed by atoms with Crippen molar-refractivity contribution in [1.29, 1.82) is 0 Å². The second-order valence-corrected chi connectivity index (χ2v) is 7.21. The number of hydrogen-bond donors (Lipinski definition) is 1. The average molecular weight is 423 g/mol. The van der Waals surface area contributed by atoms with Gasteiger partial charge in [0.05, 0.1) is 14.2 Å². The van der Waals surface area contributed by atoms with E-state index in [0.29, 0.717) is 30.4 Å². The van der Waals surface area contributed by atoms with Crippen molar-refractivity contribution in [3.8, 4) is 17.4 Å². The molecule has 1 fully saturated rings. The first-order valence-corrected chi connectivity index (χ1v) is 10.1. The molecular weight excluding hydrogens is 398 g/mol. The fourth-order valence-corrected chi connectivity index (χ4v) is 3.75. The average Bonchev–Trinajstić information content (AvgIpc) is 3.50. The fourth-order valence-electron chi connectivity index (χ4n) is 3.75. The summed E-state index contributed by atoms with van der Waals surface area (Å²) in [6, 6.07) is 7.56. The van der Waals surface area contributed by atoms with Crippen molar-refractivity contribution in [2.45, 2.75) is 31.8 Å². The summed E-state index contributed by atoms with van der Waals surface area (Å²) in [5.74, 6) is 2.55. The lowest BCUT2D eigenvalue weighted by Gasteiger charge is -2.25. The summed E-state index contributed by atoms with van der Waals surface area (Å²) >= 11 is 0. The van der Waals surface area contributed by atoms with Gasteiger partial charge < -0.3 is 19.7 Å². The molecule has 0 spiro atoms. The number of aromatic nitrogens is 5. The highest BCUT2D eigenvalue weighted by Gasteiger charge is 2.28. The summed E-state index contributed by atoms with van der Waals surface area (Å²) < 4.78 is 12.1. The van der Waals surface area contributed by atoms with Crippen molar-refractivity contribution < 1.29 is 14.3 Å². The molecule has 1 atom stereocenters. The Balaban J connectivity index is 1.38. The van der Waals surface area contributed by atoms with Gasteiger partial charge in [0.15, 0.2) is 11.5 Å². The van der Waals surface area contributed by atoms with Gasteiger partial charge in [0.2, 0.25) is 5.91 Å². The molecule has 1 amide bonds. The Morgan fingerprint density at radius 2 is 2.10 bits per heavy atom. The highest BCUT2D eigenvalue weighted by molar-refractivity contribution is 5.77. The molecule has 10 nitrogen and oxygen atoms in total. The minimum absolute atomic E-state index is 0.00255. The zero-order valence-corrected chi connectivity index (χ0v) is 17.6. The topological polar surface area (TPSA) is 107 Å². The number of rotatable bonds is 8. The number of methoxy groups -OCH3 is 2. The van der Waals surface area contributed by atoms with Crippen LogP contribution in [0, 0.1) is 0 Å². The normalized spacial score (nSPS) is 15.7. The molecule has 0 unspecified atom stereocenters. The highest BCUT2D eigenvalue weighted by atomic mass is 16.5. The van der Waals surface area contributed by atoms with Crippen molar-refractivity contribution in [3.05, 3.63) is 48.7 Å². The molecule has 1 saturated heterocycles. The molecule has 31 heavy (non-hydrogen) atoms. The second kappa shape index (κ2) is 9.41. The van der Waals surface area contributed by atoms with E-state index >= 15 is 0 Å². The van der Waals surface area contributed by atoms with E-state index in [1.807, 2.05) is 24.3 Å². The standard InChI is InChI=1S/C21H25N7O3/c1-30-17-6-5-15(10-18(17)31-2)12-24-20(29)11-16-4-3-9-27(16)19-7-8-23-21(26-19)28-14-22-13-25-28/h5-8,10,13-14,16H,3-4,9,11-12H2,1-2H3,(H,24,29)/t16-/m1/s1. The number of benzene rings is 1. The van der Waals surface area contributed by atoms with E-state index < -0.39 is 0 Å². The van der Waals surface area contributed by atoms with Crippen LogP contribution in [0.25, 0.3) is 5.95 Å². The molecule has 10 heteroatoms. The maximum Gasteiger partial charge on any atom is 0.253 e. The predicted molar refractivity (Wildman–Crippen MR) is 113 cm³/mol.